The zero-order valence-corrected chi connectivity index (χ0v) is 10.4. The van der Waals surface area contributed by atoms with Crippen LogP contribution in [0.5, 0.6) is 0 Å². The van der Waals surface area contributed by atoms with Gasteiger partial charge in [-0.2, -0.15) is 0 Å². The fourth-order valence-electron chi connectivity index (χ4n) is 1.52. The molecule has 0 aliphatic heterocycles. The summed E-state index contributed by atoms with van der Waals surface area (Å²) < 4.78 is 0. The summed E-state index contributed by atoms with van der Waals surface area (Å²) in [7, 11) is 0. The summed E-state index contributed by atoms with van der Waals surface area (Å²) >= 11 is 0. The van der Waals surface area contributed by atoms with Crippen molar-refractivity contribution in [2.75, 3.05) is 26.2 Å². The molecule has 0 aliphatic carbocycles. The Balaban J connectivity index is 2.47. The summed E-state index contributed by atoms with van der Waals surface area (Å²) in [6.45, 7) is 3.06. The summed E-state index contributed by atoms with van der Waals surface area (Å²) in [6, 6.07) is 8.58. The number of aliphatic hydroxyl groups is 1. The third kappa shape index (κ3) is 4.65. The Morgan fingerprint density at radius 1 is 1.28 bits per heavy atom. The molecule has 1 aromatic rings. The Hall–Kier alpha value is -1.72. The van der Waals surface area contributed by atoms with Crippen molar-refractivity contribution in [3.8, 4) is 0 Å². The summed E-state index contributed by atoms with van der Waals surface area (Å²) in [5.74, 6) is -0.764. The molecule has 5 heteroatoms. The van der Waals surface area contributed by atoms with Crippen LogP contribution in [0.2, 0.25) is 0 Å². The lowest BCUT2D eigenvalue weighted by Gasteiger charge is -2.17. The molecule has 0 spiro atoms. The number of aliphatic hydroxyl groups excluding tert-OH is 1. The van der Waals surface area contributed by atoms with Gasteiger partial charge in [-0.15, -0.1) is 0 Å². The third-order valence-electron chi connectivity index (χ3n) is 2.52. The standard InChI is InChI=1S/C13H18N2O3/c1-2-15(8-9-16)10-12(17)14-13(18)11-6-4-3-5-7-11/h3-7,16H,2,8-10H2,1H3,(H,14,17,18). The van der Waals surface area contributed by atoms with E-state index in [4.69, 9.17) is 5.11 Å². The van der Waals surface area contributed by atoms with E-state index in [0.29, 0.717) is 18.7 Å². The van der Waals surface area contributed by atoms with Gasteiger partial charge in [0.15, 0.2) is 0 Å². The van der Waals surface area contributed by atoms with Crippen LogP contribution in [0.15, 0.2) is 30.3 Å². The topological polar surface area (TPSA) is 69.6 Å². The molecule has 98 valence electrons. The Morgan fingerprint density at radius 2 is 1.94 bits per heavy atom. The van der Waals surface area contributed by atoms with Crippen molar-refractivity contribution in [2.45, 2.75) is 6.92 Å². The molecule has 0 saturated heterocycles. The Morgan fingerprint density at radius 3 is 2.50 bits per heavy atom. The quantitative estimate of drug-likeness (QED) is 0.759. The fourth-order valence-corrected chi connectivity index (χ4v) is 1.52. The second-order valence-corrected chi connectivity index (χ2v) is 3.84. The van der Waals surface area contributed by atoms with Gasteiger partial charge in [0.2, 0.25) is 5.91 Å². The molecule has 0 saturated carbocycles. The number of carbonyl (C=O) groups excluding carboxylic acids is 2. The number of imide groups is 1. The molecule has 0 bridgehead atoms. The van der Waals surface area contributed by atoms with E-state index in [1.807, 2.05) is 6.92 Å². The Kier molecular flexibility index (Phi) is 6.04. The monoisotopic (exact) mass is 250 g/mol. The molecule has 1 aromatic carbocycles. The zero-order valence-electron chi connectivity index (χ0n) is 10.4. The molecule has 0 aromatic heterocycles. The van der Waals surface area contributed by atoms with Crippen LogP contribution >= 0.6 is 0 Å². The van der Waals surface area contributed by atoms with E-state index in [1.165, 1.54) is 0 Å². The maximum absolute atomic E-state index is 11.7. The predicted octanol–water partition coefficient (Wildman–Crippen LogP) is 0.257. The summed E-state index contributed by atoms with van der Waals surface area (Å²) in [6.07, 6.45) is 0. The van der Waals surface area contributed by atoms with Crippen LogP contribution in [0.3, 0.4) is 0 Å². The number of nitrogens with zero attached hydrogens (tertiary/aromatic N) is 1. The normalized spacial score (nSPS) is 10.4. The number of rotatable bonds is 6. The predicted molar refractivity (Wildman–Crippen MR) is 68.1 cm³/mol. The lowest BCUT2D eigenvalue weighted by atomic mass is 10.2. The molecule has 0 radical (unpaired) electrons. The maximum atomic E-state index is 11.7. The SMILES string of the molecule is CCN(CCO)CC(=O)NC(=O)c1ccccc1. The smallest absolute Gasteiger partial charge is 0.257 e. The van der Waals surface area contributed by atoms with Crippen LogP contribution in [0.4, 0.5) is 0 Å². The number of nitrogens with one attached hydrogen (secondary N) is 1. The highest BCUT2D eigenvalue weighted by Gasteiger charge is 2.12. The van der Waals surface area contributed by atoms with Crippen LogP contribution < -0.4 is 5.32 Å². The van der Waals surface area contributed by atoms with E-state index in [9.17, 15) is 9.59 Å². The lowest BCUT2D eigenvalue weighted by molar-refractivity contribution is -0.121. The van der Waals surface area contributed by atoms with Gasteiger partial charge >= 0.3 is 0 Å². The first-order valence-corrected chi connectivity index (χ1v) is 5.89. The first-order chi connectivity index (χ1) is 8.67. The van der Waals surface area contributed by atoms with Gasteiger partial charge in [-0.05, 0) is 18.7 Å². The van der Waals surface area contributed by atoms with Gasteiger partial charge < -0.3 is 5.11 Å². The average molecular weight is 250 g/mol. The minimum Gasteiger partial charge on any atom is -0.395 e. The van der Waals surface area contributed by atoms with Gasteiger partial charge in [0.05, 0.1) is 13.2 Å². The number of benzene rings is 1. The maximum Gasteiger partial charge on any atom is 0.257 e. The minimum absolute atomic E-state index is 0.00620. The van der Waals surface area contributed by atoms with E-state index in [2.05, 4.69) is 5.32 Å². The minimum atomic E-state index is -0.402. The van der Waals surface area contributed by atoms with Crippen molar-refractivity contribution in [1.82, 2.24) is 10.2 Å². The molecule has 0 atom stereocenters. The first-order valence-electron chi connectivity index (χ1n) is 5.89. The van der Waals surface area contributed by atoms with E-state index < -0.39 is 5.91 Å². The largest absolute Gasteiger partial charge is 0.395 e. The average Bonchev–Trinajstić information content (AvgIpc) is 2.39. The van der Waals surface area contributed by atoms with Crippen molar-refractivity contribution in [3.05, 3.63) is 35.9 Å². The molecule has 2 amide bonds. The second-order valence-electron chi connectivity index (χ2n) is 3.84. The van der Waals surface area contributed by atoms with Crippen molar-refractivity contribution >= 4 is 11.8 Å². The van der Waals surface area contributed by atoms with Crippen LogP contribution in [-0.2, 0) is 4.79 Å². The highest BCUT2D eigenvalue weighted by Crippen LogP contribution is 1.97. The lowest BCUT2D eigenvalue weighted by Crippen LogP contribution is -2.41. The number of likely N-dealkylation sites (N-methyl/N-ethyl adjacent to an activating group) is 1. The summed E-state index contributed by atoms with van der Waals surface area (Å²) in [5, 5.41) is 11.1. The van der Waals surface area contributed by atoms with E-state index >= 15 is 0 Å². The van der Waals surface area contributed by atoms with E-state index in [-0.39, 0.29) is 19.1 Å². The molecule has 0 aliphatic rings. The zero-order chi connectivity index (χ0) is 13.4. The van der Waals surface area contributed by atoms with Crippen molar-refractivity contribution < 1.29 is 14.7 Å². The van der Waals surface area contributed by atoms with Gasteiger partial charge in [-0.1, -0.05) is 25.1 Å². The van der Waals surface area contributed by atoms with Crippen molar-refractivity contribution in [2.24, 2.45) is 0 Å². The molecular formula is C13H18N2O3. The summed E-state index contributed by atoms with van der Waals surface area (Å²) in [4.78, 5) is 25.1. The van der Waals surface area contributed by atoms with Crippen molar-refractivity contribution in [1.29, 1.82) is 0 Å². The molecule has 5 nitrogen and oxygen atoms in total. The van der Waals surface area contributed by atoms with Gasteiger partial charge in [-0.3, -0.25) is 19.8 Å². The van der Waals surface area contributed by atoms with Gasteiger partial charge in [0.25, 0.3) is 5.91 Å². The number of hydrogen-bond acceptors (Lipinski definition) is 4. The van der Waals surface area contributed by atoms with Crippen LogP contribution in [0.25, 0.3) is 0 Å². The molecule has 0 heterocycles. The van der Waals surface area contributed by atoms with Crippen LogP contribution in [0.1, 0.15) is 17.3 Å². The third-order valence-corrected chi connectivity index (χ3v) is 2.52. The molecule has 18 heavy (non-hydrogen) atoms. The number of hydrogen-bond donors (Lipinski definition) is 2. The Labute approximate surface area is 106 Å². The summed E-state index contributed by atoms with van der Waals surface area (Å²) in [5.41, 5.74) is 0.455. The van der Waals surface area contributed by atoms with Gasteiger partial charge in [-0.25, -0.2) is 0 Å². The van der Waals surface area contributed by atoms with E-state index in [0.717, 1.165) is 0 Å². The van der Waals surface area contributed by atoms with Gasteiger partial charge in [0, 0.05) is 12.1 Å². The number of amides is 2. The van der Waals surface area contributed by atoms with Crippen molar-refractivity contribution in [3.63, 3.8) is 0 Å². The Bertz CT molecular complexity index is 392. The van der Waals surface area contributed by atoms with Crippen LogP contribution in [0, 0.1) is 0 Å². The molecule has 0 fully saturated rings. The molecule has 2 N–H and O–H groups in total. The highest BCUT2D eigenvalue weighted by molar-refractivity contribution is 6.05. The second kappa shape index (κ2) is 7.58. The van der Waals surface area contributed by atoms with E-state index in [1.54, 1.807) is 35.2 Å². The molecule has 1 rings (SSSR count). The highest BCUT2D eigenvalue weighted by atomic mass is 16.3. The molecular weight excluding hydrogens is 232 g/mol. The van der Waals surface area contributed by atoms with Crippen LogP contribution in [-0.4, -0.2) is 48.1 Å². The number of carbonyl (C=O) groups is 2. The molecule has 0 unspecified atom stereocenters. The first kappa shape index (κ1) is 14.3. The van der Waals surface area contributed by atoms with Gasteiger partial charge in [0.1, 0.15) is 0 Å². The fraction of sp³-hybridized carbons (Fsp3) is 0.385.